The van der Waals surface area contributed by atoms with Crippen LogP contribution >= 0.6 is 0 Å². The van der Waals surface area contributed by atoms with E-state index in [1.165, 1.54) is 43.3 Å². The minimum atomic E-state index is -1.55. The van der Waals surface area contributed by atoms with Gasteiger partial charge in [0.25, 0.3) is 5.69 Å². The van der Waals surface area contributed by atoms with Crippen LogP contribution in [0.4, 0.5) is 5.69 Å². The topological polar surface area (TPSA) is 164 Å². The van der Waals surface area contributed by atoms with Crippen LogP contribution in [-0.4, -0.2) is 65.1 Å². The average molecular weight is 551 g/mol. The first kappa shape index (κ1) is 28.2. The first-order valence-corrected chi connectivity index (χ1v) is 12.2. The van der Waals surface area contributed by atoms with Crippen molar-refractivity contribution < 1.29 is 43.4 Å². The Hall–Kier alpha value is -4.81. The summed E-state index contributed by atoms with van der Waals surface area (Å²) in [6.07, 6.45) is -5.55. The normalized spacial score (nSPS) is 22.0. The molecule has 4 rings (SSSR count). The minimum Gasteiger partial charge on any atom is -0.463 e. The molecular formula is C28H26N2O10. The molecule has 2 N–H and O–H groups in total. The summed E-state index contributed by atoms with van der Waals surface area (Å²) in [4.78, 5) is 48.0. The van der Waals surface area contributed by atoms with Gasteiger partial charge in [0, 0.05) is 19.1 Å². The number of esters is 2. The second-order valence-corrected chi connectivity index (χ2v) is 8.83. The summed E-state index contributed by atoms with van der Waals surface area (Å²) < 4.78 is 22.8. The van der Waals surface area contributed by atoms with Gasteiger partial charge in [-0.15, -0.1) is 0 Å². The van der Waals surface area contributed by atoms with E-state index in [1.54, 1.807) is 48.5 Å². The molecule has 40 heavy (non-hydrogen) atoms. The van der Waals surface area contributed by atoms with Crippen molar-refractivity contribution in [2.45, 2.75) is 37.6 Å². The molecule has 5 atom stereocenters. The Kier molecular flexibility index (Phi) is 9.04. The van der Waals surface area contributed by atoms with Gasteiger partial charge in [0.1, 0.15) is 30.6 Å². The van der Waals surface area contributed by atoms with E-state index in [9.17, 15) is 29.6 Å². The van der Waals surface area contributed by atoms with Gasteiger partial charge in [-0.3, -0.25) is 14.9 Å². The number of rotatable bonds is 9. The fraction of sp³-hybridized carbons (Fsp3) is 0.250. The van der Waals surface area contributed by atoms with Crippen LogP contribution in [-0.2, 0) is 19.0 Å². The number of ether oxygens (including phenoxy) is 4. The van der Waals surface area contributed by atoms with Gasteiger partial charge in [-0.1, -0.05) is 36.4 Å². The second-order valence-electron chi connectivity index (χ2n) is 8.83. The van der Waals surface area contributed by atoms with Crippen LogP contribution in [0.5, 0.6) is 5.75 Å². The van der Waals surface area contributed by atoms with E-state index in [-0.39, 0.29) is 22.6 Å². The maximum atomic E-state index is 12.9. The number of nitro groups is 1. The number of carbonyl (C=O) groups is 3. The Balaban J connectivity index is 1.61. The third-order valence-corrected chi connectivity index (χ3v) is 5.98. The maximum absolute atomic E-state index is 12.9. The number of aliphatic hydroxyl groups is 1. The third kappa shape index (κ3) is 6.98. The molecule has 3 aromatic carbocycles. The molecule has 0 aromatic heterocycles. The number of aliphatic hydroxyl groups excluding tert-OH is 1. The number of hydrogen-bond donors (Lipinski definition) is 2. The summed E-state index contributed by atoms with van der Waals surface area (Å²) >= 11 is 0. The van der Waals surface area contributed by atoms with Gasteiger partial charge in [-0.25, -0.2) is 9.59 Å². The van der Waals surface area contributed by atoms with E-state index < -0.39 is 60.0 Å². The summed E-state index contributed by atoms with van der Waals surface area (Å²) in [7, 11) is 0. The van der Waals surface area contributed by atoms with Crippen LogP contribution in [0.15, 0.2) is 84.9 Å². The Bertz CT molecular complexity index is 1330. The van der Waals surface area contributed by atoms with E-state index in [0.717, 1.165) is 0 Å². The predicted molar refractivity (Wildman–Crippen MR) is 138 cm³/mol. The Morgan fingerprint density at radius 3 is 2.05 bits per heavy atom. The molecule has 0 aliphatic carbocycles. The van der Waals surface area contributed by atoms with E-state index in [1.807, 2.05) is 0 Å². The van der Waals surface area contributed by atoms with Crippen LogP contribution in [0, 0.1) is 10.1 Å². The van der Waals surface area contributed by atoms with E-state index in [0.29, 0.717) is 0 Å². The van der Waals surface area contributed by atoms with E-state index in [4.69, 9.17) is 18.9 Å². The highest BCUT2D eigenvalue weighted by Crippen LogP contribution is 2.28. The van der Waals surface area contributed by atoms with E-state index >= 15 is 0 Å². The van der Waals surface area contributed by atoms with Crippen molar-refractivity contribution in [2.75, 3.05) is 6.61 Å². The highest BCUT2D eigenvalue weighted by Gasteiger charge is 2.50. The van der Waals surface area contributed by atoms with Crippen molar-refractivity contribution in [3.63, 3.8) is 0 Å². The molecule has 0 saturated carbocycles. The lowest BCUT2D eigenvalue weighted by Gasteiger charge is -2.43. The monoisotopic (exact) mass is 550 g/mol. The summed E-state index contributed by atoms with van der Waals surface area (Å²) in [6.45, 7) is 0.778. The number of hydrogen-bond acceptors (Lipinski definition) is 10. The summed E-state index contributed by atoms with van der Waals surface area (Å²) in [5.41, 5.74) is 0.295. The lowest BCUT2D eigenvalue weighted by atomic mass is 9.96. The molecule has 208 valence electrons. The SMILES string of the molecule is CC(=O)NC1C(Oc2ccc([N+](=O)[O-])cc2)OC(COC(=O)c2ccccc2)C(O)C1OC(=O)c1ccccc1. The van der Waals surface area contributed by atoms with Gasteiger partial charge in [0.05, 0.1) is 16.1 Å². The molecule has 1 amide bonds. The van der Waals surface area contributed by atoms with Crippen LogP contribution < -0.4 is 10.1 Å². The molecule has 0 radical (unpaired) electrons. The number of nitrogens with zero attached hydrogens (tertiary/aromatic N) is 1. The number of nitrogens with one attached hydrogen (secondary N) is 1. The zero-order chi connectivity index (χ0) is 28.6. The zero-order valence-corrected chi connectivity index (χ0v) is 21.2. The number of amides is 1. The van der Waals surface area contributed by atoms with Crippen molar-refractivity contribution in [3.8, 4) is 5.75 Å². The molecule has 0 bridgehead atoms. The quantitative estimate of drug-likeness (QED) is 0.230. The minimum absolute atomic E-state index is 0.135. The molecule has 12 nitrogen and oxygen atoms in total. The summed E-state index contributed by atoms with van der Waals surface area (Å²) in [6, 6.07) is 20.1. The Morgan fingerprint density at radius 1 is 0.925 bits per heavy atom. The lowest BCUT2D eigenvalue weighted by molar-refractivity contribution is -0.384. The fourth-order valence-electron chi connectivity index (χ4n) is 4.04. The van der Waals surface area contributed by atoms with Gasteiger partial charge >= 0.3 is 11.9 Å². The highest BCUT2D eigenvalue weighted by molar-refractivity contribution is 5.90. The van der Waals surface area contributed by atoms with Gasteiger partial charge in [-0.2, -0.15) is 0 Å². The largest absolute Gasteiger partial charge is 0.463 e. The first-order chi connectivity index (χ1) is 19.2. The molecule has 1 saturated heterocycles. The van der Waals surface area contributed by atoms with Crippen molar-refractivity contribution in [1.82, 2.24) is 5.32 Å². The third-order valence-electron chi connectivity index (χ3n) is 5.98. The smallest absolute Gasteiger partial charge is 0.338 e. The van der Waals surface area contributed by atoms with Gasteiger partial charge < -0.3 is 29.4 Å². The van der Waals surface area contributed by atoms with Crippen molar-refractivity contribution >= 4 is 23.5 Å². The second kappa shape index (κ2) is 12.8. The molecule has 1 aliphatic heterocycles. The number of benzene rings is 3. The molecular weight excluding hydrogens is 524 g/mol. The molecule has 12 heteroatoms. The van der Waals surface area contributed by atoms with Crippen molar-refractivity contribution in [2.24, 2.45) is 0 Å². The molecule has 1 aliphatic rings. The molecule has 5 unspecified atom stereocenters. The van der Waals surface area contributed by atoms with Gasteiger partial charge in [0.2, 0.25) is 12.2 Å². The van der Waals surface area contributed by atoms with Crippen molar-refractivity contribution in [3.05, 3.63) is 106 Å². The zero-order valence-electron chi connectivity index (χ0n) is 21.2. The standard InChI is InChI=1S/C28H26N2O10/c1-17(31)29-23-25(40-27(34)19-10-6-3-7-11-19)24(32)22(16-37-26(33)18-8-4-2-5-9-18)39-28(23)38-21-14-12-20(13-15-21)30(35)36/h2-15,22-25,28,32H,16H2,1H3,(H,29,31). The fourth-order valence-corrected chi connectivity index (χ4v) is 4.04. The van der Waals surface area contributed by atoms with E-state index in [2.05, 4.69) is 5.32 Å². The van der Waals surface area contributed by atoms with Crippen LogP contribution in [0.1, 0.15) is 27.6 Å². The van der Waals surface area contributed by atoms with Crippen molar-refractivity contribution in [1.29, 1.82) is 0 Å². The van der Waals surface area contributed by atoms with Crippen LogP contribution in [0.25, 0.3) is 0 Å². The van der Waals surface area contributed by atoms with Gasteiger partial charge in [0.15, 0.2) is 6.10 Å². The van der Waals surface area contributed by atoms with Crippen LogP contribution in [0.3, 0.4) is 0 Å². The molecule has 1 fully saturated rings. The summed E-state index contributed by atoms with van der Waals surface area (Å²) in [5.74, 6) is -1.86. The van der Waals surface area contributed by atoms with Crippen LogP contribution in [0.2, 0.25) is 0 Å². The number of carbonyl (C=O) groups excluding carboxylic acids is 3. The number of nitro benzene ring substituents is 1. The predicted octanol–water partition coefficient (Wildman–Crippen LogP) is 2.65. The molecule has 0 spiro atoms. The number of non-ortho nitro benzene ring substituents is 1. The maximum Gasteiger partial charge on any atom is 0.338 e. The highest BCUT2D eigenvalue weighted by atomic mass is 16.7. The Morgan fingerprint density at radius 2 is 1.50 bits per heavy atom. The molecule has 3 aromatic rings. The lowest BCUT2D eigenvalue weighted by Crippen LogP contribution is -2.66. The van der Waals surface area contributed by atoms with Gasteiger partial charge in [-0.05, 0) is 36.4 Å². The Labute approximate surface area is 228 Å². The summed E-state index contributed by atoms with van der Waals surface area (Å²) in [5, 5.41) is 24.8. The first-order valence-electron chi connectivity index (χ1n) is 12.2. The average Bonchev–Trinajstić information content (AvgIpc) is 2.96. The molecule has 1 heterocycles.